The average Bonchev–Trinajstić information content (AvgIpc) is 2.55. The molecule has 0 saturated carbocycles. The lowest BCUT2D eigenvalue weighted by atomic mass is 10.2. The molecule has 2 aromatic rings. The van der Waals surface area contributed by atoms with Crippen molar-refractivity contribution >= 4 is 0 Å². The van der Waals surface area contributed by atoms with Crippen LogP contribution in [0.1, 0.15) is 11.4 Å². The van der Waals surface area contributed by atoms with Gasteiger partial charge < -0.3 is 9.67 Å². The van der Waals surface area contributed by atoms with Crippen LogP contribution < -0.4 is 0 Å². The molecule has 0 aliphatic heterocycles. The summed E-state index contributed by atoms with van der Waals surface area (Å²) in [5.41, 5.74) is 1.88. The zero-order valence-electron chi connectivity index (χ0n) is 9.24. The van der Waals surface area contributed by atoms with Crippen molar-refractivity contribution in [1.29, 1.82) is 0 Å². The first-order valence-electron chi connectivity index (χ1n) is 5.03. The largest absolute Gasteiger partial charge is 0.390 e. The van der Waals surface area contributed by atoms with Crippen molar-refractivity contribution in [1.82, 2.24) is 9.55 Å². The van der Waals surface area contributed by atoms with Crippen molar-refractivity contribution in [3.63, 3.8) is 0 Å². The summed E-state index contributed by atoms with van der Waals surface area (Å²) in [6, 6.07) is 6.48. The molecule has 2 rings (SSSR count). The quantitative estimate of drug-likeness (QED) is 0.840. The summed E-state index contributed by atoms with van der Waals surface area (Å²) in [4.78, 5) is 4.28. The maximum absolute atomic E-state index is 13.6. The van der Waals surface area contributed by atoms with Gasteiger partial charge in [-0.25, -0.2) is 9.37 Å². The molecule has 1 aromatic heterocycles. The van der Waals surface area contributed by atoms with Crippen LogP contribution in [0, 0.1) is 12.7 Å². The summed E-state index contributed by atoms with van der Waals surface area (Å²) < 4.78 is 15.3. The molecular formula is C12H13FN2O. The SMILES string of the molecule is Cc1nc(-c2ccccc2F)n(C)c1CO. The Balaban J connectivity index is 2.62. The predicted octanol–water partition coefficient (Wildman–Crippen LogP) is 2.03. The van der Waals surface area contributed by atoms with Crippen LogP contribution in [-0.2, 0) is 13.7 Å². The minimum Gasteiger partial charge on any atom is -0.390 e. The molecule has 0 unspecified atom stereocenters. The maximum atomic E-state index is 13.6. The Morgan fingerprint density at radius 2 is 2.06 bits per heavy atom. The van der Waals surface area contributed by atoms with Crippen LogP contribution in [0.5, 0.6) is 0 Å². The van der Waals surface area contributed by atoms with Crippen LogP contribution in [0.25, 0.3) is 11.4 Å². The smallest absolute Gasteiger partial charge is 0.143 e. The van der Waals surface area contributed by atoms with Crippen molar-refractivity contribution in [3.8, 4) is 11.4 Å². The van der Waals surface area contributed by atoms with E-state index in [4.69, 9.17) is 0 Å². The summed E-state index contributed by atoms with van der Waals surface area (Å²) in [6.45, 7) is 1.71. The van der Waals surface area contributed by atoms with E-state index in [1.807, 2.05) is 0 Å². The van der Waals surface area contributed by atoms with Gasteiger partial charge in [-0.3, -0.25) is 0 Å². The van der Waals surface area contributed by atoms with E-state index < -0.39 is 0 Å². The van der Waals surface area contributed by atoms with E-state index in [9.17, 15) is 9.50 Å². The monoisotopic (exact) mass is 220 g/mol. The van der Waals surface area contributed by atoms with E-state index in [0.717, 1.165) is 5.69 Å². The molecule has 0 bridgehead atoms. The zero-order chi connectivity index (χ0) is 11.7. The number of benzene rings is 1. The van der Waals surface area contributed by atoms with Crippen molar-refractivity contribution < 1.29 is 9.50 Å². The number of hydrogen-bond donors (Lipinski definition) is 1. The highest BCUT2D eigenvalue weighted by Crippen LogP contribution is 2.23. The molecule has 1 N–H and O–H groups in total. The van der Waals surface area contributed by atoms with Crippen molar-refractivity contribution in [2.75, 3.05) is 0 Å². The van der Waals surface area contributed by atoms with E-state index in [0.29, 0.717) is 17.1 Å². The topological polar surface area (TPSA) is 38.0 Å². The van der Waals surface area contributed by atoms with Gasteiger partial charge in [0.05, 0.1) is 23.6 Å². The number of imidazole rings is 1. The molecule has 16 heavy (non-hydrogen) atoms. The molecular weight excluding hydrogens is 207 g/mol. The summed E-state index contributed by atoms with van der Waals surface area (Å²) >= 11 is 0. The van der Waals surface area contributed by atoms with E-state index in [1.165, 1.54) is 6.07 Å². The molecule has 0 amide bonds. The Kier molecular flexibility index (Phi) is 2.75. The van der Waals surface area contributed by atoms with Gasteiger partial charge in [0.15, 0.2) is 0 Å². The van der Waals surface area contributed by atoms with Crippen molar-refractivity contribution in [2.45, 2.75) is 13.5 Å². The molecule has 0 aliphatic carbocycles. The fourth-order valence-corrected chi connectivity index (χ4v) is 1.77. The second kappa shape index (κ2) is 4.06. The minimum absolute atomic E-state index is 0.0935. The lowest BCUT2D eigenvalue weighted by Crippen LogP contribution is -2.00. The van der Waals surface area contributed by atoms with Gasteiger partial charge in [-0.1, -0.05) is 12.1 Å². The standard InChI is InChI=1S/C12H13FN2O/c1-8-11(7-16)15(2)12(14-8)9-5-3-4-6-10(9)13/h3-6,16H,7H2,1-2H3. The Bertz CT molecular complexity index is 520. The minimum atomic E-state index is -0.305. The highest BCUT2D eigenvalue weighted by atomic mass is 19.1. The molecule has 1 aromatic carbocycles. The number of halogens is 1. The number of hydrogen-bond acceptors (Lipinski definition) is 2. The van der Waals surface area contributed by atoms with Gasteiger partial charge in [0.2, 0.25) is 0 Å². The number of aliphatic hydroxyl groups is 1. The molecule has 3 nitrogen and oxygen atoms in total. The van der Waals surface area contributed by atoms with E-state index in [1.54, 1.807) is 36.7 Å². The molecule has 0 fully saturated rings. The first kappa shape index (κ1) is 10.8. The Hall–Kier alpha value is -1.68. The summed E-state index contributed by atoms with van der Waals surface area (Å²) in [6.07, 6.45) is 0. The number of aliphatic hydroxyl groups excluding tert-OH is 1. The van der Waals surface area contributed by atoms with Crippen LogP contribution in [0.4, 0.5) is 4.39 Å². The summed E-state index contributed by atoms with van der Waals surface area (Å²) in [7, 11) is 1.77. The number of aryl methyl sites for hydroxylation is 1. The fraction of sp³-hybridized carbons (Fsp3) is 0.250. The van der Waals surface area contributed by atoms with Gasteiger partial charge in [-0.2, -0.15) is 0 Å². The molecule has 0 spiro atoms. The van der Waals surface area contributed by atoms with Gasteiger partial charge in [0.25, 0.3) is 0 Å². The molecule has 1 heterocycles. The highest BCUT2D eigenvalue weighted by molar-refractivity contribution is 5.57. The van der Waals surface area contributed by atoms with Gasteiger partial charge in [0.1, 0.15) is 11.6 Å². The molecule has 4 heteroatoms. The Morgan fingerprint density at radius 1 is 1.38 bits per heavy atom. The summed E-state index contributed by atoms with van der Waals surface area (Å²) in [5.74, 6) is 0.236. The number of aromatic nitrogens is 2. The van der Waals surface area contributed by atoms with Crippen LogP contribution in [0.3, 0.4) is 0 Å². The first-order chi connectivity index (χ1) is 7.65. The molecule has 0 atom stereocenters. The number of rotatable bonds is 2. The van der Waals surface area contributed by atoms with E-state index in [2.05, 4.69) is 4.98 Å². The van der Waals surface area contributed by atoms with Crippen LogP contribution in [-0.4, -0.2) is 14.7 Å². The van der Waals surface area contributed by atoms with Gasteiger partial charge in [0, 0.05) is 7.05 Å². The second-order valence-electron chi connectivity index (χ2n) is 3.66. The Labute approximate surface area is 93.2 Å². The molecule has 0 aliphatic rings. The van der Waals surface area contributed by atoms with Crippen LogP contribution in [0.2, 0.25) is 0 Å². The molecule has 84 valence electrons. The zero-order valence-corrected chi connectivity index (χ0v) is 9.24. The van der Waals surface area contributed by atoms with Crippen molar-refractivity contribution in [2.24, 2.45) is 7.05 Å². The lowest BCUT2D eigenvalue weighted by molar-refractivity contribution is 0.272. The average molecular weight is 220 g/mol. The lowest BCUT2D eigenvalue weighted by Gasteiger charge is -2.04. The predicted molar refractivity (Wildman–Crippen MR) is 59.3 cm³/mol. The second-order valence-corrected chi connectivity index (χ2v) is 3.66. The molecule has 0 saturated heterocycles. The van der Waals surface area contributed by atoms with Crippen molar-refractivity contribution in [3.05, 3.63) is 41.5 Å². The third kappa shape index (κ3) is 1.61. The van der Waals surface area contributed by atoms with E-state index >= 15 is 0 Å². The van der Waals surface area contributed by atoms with Crippen LogP contribution in [0.15, 0.2) is 24.3 Å². The summed E-state index contributed by atoms with van der Waals surface area (Å²) in [5, 5.41) is 9.17. The Morgan fingerprint density at radius 3 is 2.62 bits per heavy atom. The van der Waals surface area contributed by atoms with E-state index in [-0.39, 0.29) is 12.4 Å². The maximum Gasteiger partial charge on any atom is 0.143 e. The fourth-order valence-electron chi connectivity index (χ4n) is 1.77. The molecule has 0 radical (unpaired) electrons. The third-order valence-electron chi connectivity index (χ3n) is 2.68. The highest BCUT2D eigenvalue weighted by Gasteiger charge is 2.14. The van der Waals surface area contributed by atoms with Gasteiger partial charge in [-0.05, 0) is 19.1 Å². The van der Waals surface area contributed by atoms with Crippen LogP contribution >= 0.6 is 0 Å². The number of nitrogens with zero attached hydrogens (tertiary/aromatic N) is 2. The van der Waals surface area contributed by atoms with Gasteiger partial charge >= 0.3 is 0 Å². The van der Waals surface area contributed by atoms with Gasteiger partial charge in [-0.15, -0.1) is 0 Å². The normalized spacial score (nSPS) is 10.8. The third-order valence-corrected chi connectivity index (χ3v) is 2.68. The first-order valence-corrected chi connectivity index (χ1v) is 5.03.